The Hall–Kier alpha value is -1.81. The van der Waals surface area contributed by atoms with Crippen LogP contribution >= 0.6 is 0 Å². The van der Waals surface area contributed by atoms with Gasteiger partial charge in [0.25, 0.3) is 0 Å². The molecule has 0 bridgehead atoms. The van der Waals surface area contributed by atoms with Gasteiger partial charge in [-0.2, -0.15) is 4.98 Å². The second-order valence-electron chi connectivity index (χ2n) is 5.11. The summed E-state index contributed by atoms with van der Waals surface area (Å²) < 4.78 is 10.8. The van der Waals surface area contributed by atoms with Crippen molar-refractivity contribution in [2.75, 3.05) is 0 Å². The number of hydrogen-bond donors (Lipinski definition) is 1. The molecular formula is C14H17NO3. The Morgan fingerprint density at radius 1 is 1.28 bits per heavy atom. The largest absolute Gasteiger partial charge is 0.417 e. The number of nitrogens with zero attached hydrogens (tertiary/aromatic N) is 1. The van der Waals surface area contributed by atoms with E-state index in [0.29, 0.717) is 5.69 Å². The summed E-state index contributed by atoms with van der Waals surface area (Å²) in [4.78, 5) is 4.01. The Bertz CT molecular complexity index is 526. The summed E-state index contributed by atoms with van der Waals surface area (Å²) in [6, 6.07) is 7.78. The summed E-state index contributed by atoms with van der Waals surface area (Å²) in [5.74, 6) is 0.719. The minimum absolute atomic E-state index is 0.0248. The Morgan fingerprint density at radius 2 is 2.00 bits per heavy atom. The van der Waals surface area contributed by atoms with Gasteiger partial charge in [0.15, 0.2) is 0 Å². The van der Waals surface area contributed by atoms with Crippen LogP contribution in [0.1, 0.15) is 32.0 Å². The highest BCUT2D eigenvalue weighted by Gasteiger charge is 2.19. The van der Waals surface area contributed by atoms with Crippen LogP contribution in [0.15, 0.2) is 34.9 Å². The Kier molecular flexibility index (Phi) is 3.39. The molecule has 0 aliphatic heterocycles. The second-order valence-corrected chi connectivity index (χ2v) is 5.11. The van der Waals surface area contributed by atoms with Crippen LogP contribution < -0.4 is 4.74 Å². The van der Waals surface area contributed by atoms with Crippen molar-refractivity contribution in [3.05, 3.63) is 41.8 Å². The molecular weight excluding hydrogens is 230 g/mol. The number of oxazole rings is 1. The smallest absolute Gasteiger partial charge is 0.399 e. The molecule has 0 aliphatic rings. The molecule has 4 nitrogen and oxygen atoms in total. The fourth-order valence-electron chi connectivity index (χ4n) is 1.68. The van der Waals surface area contributed by atoms with Crippen LogP contribution in [-0.4, -0.2) is 10.1 Å². The summed E-state index contributed by atoms with van der Waals surface area (Å²) >= 11 is 0. The van der Waals surface area contributed by atoms with Crippen molar-refractivity contribution in [1.29, 1.82) is 0 Å². The van der Waals surface area contributed by atoms with Gasteiger partial charge in [-0.15, -0.1) is 0 Å². The van der Waals surface area contributed by atoms with Crippen LogP contribution in [0.2, 0.25) is 0 Å². The summed E-state index contributed by atoms with van der Waals surface area (Å²) in [6.45, 7) is 6.19. The van der Waals surface area contributed by atoms with Gasteiger partial charge in [0, 0.05) is 5.56 Å². The van der Waals surface area contributed by atoms with Crippen LogP contribution in [0.5, 0.6) is 11.8 Å². The lowest BCUT2D eigenvalue weighted by atomic mass is 9.86. The minimum Gasteiger partial charge on any atom is -0.417 e. The van der Waals surface area contributed by atoms with Gasteiger partial charge in [0.2, 0.25) is 0 Å². The zero-order valence-corrected chi connectivity index (χ0v) is 10.8. The van der Waals surface area contributed by atoms with Crippen molar-refractivity contribution in [1.82, 2.24) is 4.98 Å². The SMILES string of the molecule is CC(C)(C)c1ccccc1Oc1nc(CO)co1. The van der Waals surface area contributed by atoms with Crippen molar-refractivity contribution in [3.8, 4) is 11.8 Å². The molecule has 1 N–H and O–H groups in total. The quantitative estimate of drug-likeness (QED) is 0.904. The first-order valence-corrected chi connectivity index (χ1v) is 5.83. The van der Waals surface area contributed by atoms with Gasteiger partial charge in [0.1, 0.15) is 17.7 Å². The molecule has 0 amide bonds. The molecule has 2 rings (SSSR count). The van der Waals surface area contributed by atoms with Gasteiger partial charge < -0.3 is 14.3 Å². The van der Waals surface area contributed by atoms with Crippen LogP contribution in [-0.2, 0) is 12.0 Å². The molecule has 0 aliphatic carbocycles. The molecule has 0 spiro atoms. The minimum atomic E-state index is -0.159. The molecule has 96 valence electrons. The highest BCUT2D eigenvalue weighted by Crippen LogP contribution is 2.33. The molecule has 0 saturated carbocycles. The number of aliphatic hydroxyl groups is 1. The maximum atomic E-state index is 8.92. The maximum Gasteiger partial charge on any atom is 0.399 e. The lowest BCUT2D eigenvalue weighted by Gasteiger charge is -2.21. The zero-order chi connectivity index (χ0) is 13.2. The lowest BCUT2D eigenvalue weighted by molar-refractivity contribution is 0.276. The van der Waals surface area contributed by atoms with E-state index < -0.39 is 0 Å². The van der Waals surface area contributed by atoms with Crippen molar-refractivity contribution in [2.24, 2.45) is 0 Å². The number of aliphatic hydroxyl groups excluding tert-OH is 1. The normalized spacial score (nSPS) is 11.6. The van der Waals surface area contributed by atoms with Crippen LogP contribution in [0, 0.1) is 0 Å². The molecule has 2 aromatic rings. The fraction of sp³-hybridized carbons (Fsp3) is 0.357. The first-order chi connectivity index (χ1) is 8.50. The van der Waals surface area contributed by atoms with E-state index >= 15 is 0 Å². The van der Waals surface area contributed by atoms with E-state index in [9.17, 15) is 0 Å². The first kappa shape index (κ1) is 12.6. The number of benzene rings is 1. The van der Waals surface area contributed by atoms with Crippen molar-refractivity contribution in [2.45, 2.75) is 32.8 Å². The average molecular weight is 247 g/mol. The summed E-state index contributed by atoms with van der Waals surface area (Å²) in [6.07, 6.45) is 1.53. The number of aromatic nitrogens is 1. The molecule has 1 aromatic heterocycles. The highest BCUT2D eigenvalue weighted by atomic mass is 16.6. The monoisotopic (exact) mass is 247 g/mol. The number of para-hydroxylation sites is 1. The molecule has 0 fully saturated rings. The van der Waals surface area contributed by atoms with Gasteiger partial charge in [0.05, 0.1) is 6.61 Å². The van der Waals surface area contributed by atoms with E-state index in [1.807, 2.05) is 24.3 Å². The third-order valence-electron chi connectivity index (χ3n) is 2.59. The number of ether oxygens (including phenoxy) is 1. The summed E-state index contributed by atoms with van der Waals surface area (Å²) in [5, 5.41) is 8.92. The predicted octanol–water partition coefficient (Wildman–Crippen LogP) is 3.26. The topological polar surface area (TPSA) is 55.5 Å². The first-order valence-electron chi connectivity index (χ1n) is 5.83. The van der Waals surface area contributed by atoms with Gasteiger partial charge >= 0.3 is 6.08 Å². The maximum absolute atomic E-state index is 8.92. The summed E-state index contributed by atoms with van der Waals surface area (Å²) in [7, 11) is 0. The van der Waals surface area contributed by atoms with E-state index in [1.165, 1.54) is 6.26 Å². The van der Waals surface area contributed by atoms with E-state index in [1.54, 1.807) is 0 Å². The van der Waals surface area contributed by atoms with Crippen LogP contribution in [0.25, 0.3) is 0 Å². The fourth-order valence-corrected chi connectivity index (χ4v) is 1.68. The molecule has 0 radical (unpaired) electrons. The molecule has 0 atom stereocenters. The Balaban J connectivity index is 2.29. The highest BCUT2D eigenvalue weighted by molar-refractivity contribution is 5.39. The van der Waals surface area contributed by atoms with Gasteiger partial charge in [-0.3, -0.25) is 0 Å². The summed E-state index contributed by atoms with van der Waals surface area (Å²) in [5.41, 5.74) is 1.51. The lowest BCUT2D eigenvalue weighted by Crippen LogP contribution is -2.12. The van der Waals surface area contributed by atoms with Gasteiger partial charge in [-0.05, 0) is 11.5 Å². The van der Waals surface area contributed by atoms with E-state index in [-0.39, 0.29) is 18.1 Å². The molecule has 18 heavy (non-hydrogen) atoms. The zero-order valence-electron chi connectivity index (χ0n) is 10.8. The van der Waals surface area contributed by atoms with Crippen LogP contribution in [0.3, 0.4) is 0 Å². The molecule has 0 saturated heterocycles. The third kappa shape index (κ3) is 2.71. The number of hydrogen-bond acceptors (Lipinski definition) is 4. The second kappa shape index (κ2) is 4.82. The Morgan fingerprint density at radius 3 is 2.61 bits per heavy atom. The van der Waals surface area contributed by atoms with Crippen LogP contribution in [0.4, 0.5) is 0 Å². The molecule has 4 heteroatoms. The molecule has 1 heterocycles. The van der Waals surface area contributed by atoms with Crippen molar-refractivity contribution < 1.29 is 14.3 Å². The van der Waals surface area contributed by atoms with Gasteiger partial charge in [-0.1, -0.05) is 39.0 Å². The molecule has 0 unspecified atom stereocenters. The van der Waals surface area contributed by atoms with Gasteiger partial charge in [-0.25, -0.2) is 0 Å². The predicted molar refractivity (Wildman–Crippen MR) is 67.6 cm³/mol. The number of rotatable bonds is 3. The standard InChI is InChI=1S/C14H17NO3/c1-14(2,3)11-6-4-5-7-12(11)18-13-15-10(8-16)9-17-13/h4-7,9,16H,8H2,1-3H3. The van der Waals surface area contributed by atoms with E-state index in [0.717, 1.165) is 11.3 Å². The third-order valence-corrected chi connectivity index (χ3v) is 2.59. The Labute approximate surface area is 106 Å². The van der Waals surface area contributed by atoms with E-state index in [2.05, 4.69) is 25.8 Å². The van der Waals surface area contributed by atoms with E-state index in [4.69, 9.17) is 14.3 Å². The average Bonchev–Trinajstić information content (AvgIpc) is 2.76. The molecule has 1 aromatic carbocycles. The van der Waals surface area contributed by atoms with Crippen molar-refractivity contribution in [3.63, 3.8) is 0 Å². The van der Waals surface area contributed by atoms with Crippen molar-refractivity contribution >= 4 is 0 Å².